The van der Waals surface area contributed by atoms with Crippen molar-refractivity contribution in [1.29, 1.82) is 0 Å². The summed E-state index contributed by atoms with van der Waals surface area (Å²) in [6.45, 7) is 4.65. The summed E-state index contributed by atoms with van der Waals surface area (Å²) in [5, 5.41) is 6.48. The second kappa shape index (κ2) is 7.39. The molecule has 0 spiro atoms. The average Bonchev–Trinajstić information content (AvgIpc) is 3.36. The quantitative estimate of drug-likeness (QED) is 0.396. The van der Waals surface area contributed by atoms with Crippen molar-refractivity contribution in [3.63, 3.8) is 0 Å². The molecule has 10 heteroatoms. The molecule has 0 saturated carbocycles. The monoisotopic (exact) mass is 400 g/mol. The molecule has 0 saturated heterocycles. The van der Waals surface area contributed by atoms with Crippen LogP contribution < -0.4 is 10.6 Å². The molecule has 0 amide bonds. The van der Waals surface area contributed by atoms with Crippen LogP contribution in [0.3, 0.4) is 0 Å². The van der Waals surface area contributed by atoms with Gasteiger partial charge in [0.25, 0.3) is 0 Å². The molecule has 30 heavy (non-hydrogen) atoms. The number of nitrogens with one attached hydrogen (secondary N) is 3. The minimum absolute atomic E-state index is 0.208. The molecule has 0 aliphatic rings. The maximum Gasteiger partial charge on any atom is 0.232 e. The van der Waals surface area contributed by atoms with Crippen LogP contribution in [0.2, 0.25) is 0 Å². The lowest BCUT2D eigenvalue weighted by atomic mass is 10.3. The van der Waals surface area contributed by atoms with Crippen LogP contribution in [0.1, 0.15) is 25.7 Å². The van der Waals surface area contributed by atoms with E-state index in [4.69, 9.17) is 0 Å². The third-order valence-electron chi connectivity index (χ3n) is 4.66. The molecular formula is C20H20N10. The van der Waals surface area contributed by atoms with Gasteiger partial charge in [-0.2, -0.15) is 9.97 Å². The van der Waals surface area contributed by atoms with E-state index in [9.17, 15) is 0 Å². The Morgan fingerprint density at radius 1 is 1.07 bits per heavy atom. The van der Waals surface area contributed by atoms with E-state index >= 15 is 0 Å². The molecule has 0 unspecified atom stereocenters. The van der Waals surface area contributed by atoms with Crippen LogP contribution in [0.15, 0.2) is 49.2 Å². The lowest BCUT2D eigenvalue weighted by Crippen LogP contribution is -2.08. The minimum atomic E-state index is 0.208. The molecule has 1 aromatic carbocycles. The molecule has 0 fully saturated rings. The molecule has 0 aliphatic carbocycles. The van der Waals surface area contributed by atoms with Gasteiger partial charge in [0.1, 0.15) is 18.0 Å². The zero-order valence-electron chi connectivity index (χ0n) is 16.5. The fourth-order valence-electron chi connectivity index (χ4n) is 3.21. The molecule has 0 bridgehead atoms. The number of rotatable bonds is 6. The Morgan fingerprint density at radius 3 is 2.77 bits per heavy atom. The van der Waals surface area contributed by atoms with Gasteiger partial charge < -0.3 is 20.2 Å². The van der Waals surface area contributed by atoms with Gasteiger partial charge in [-0.1, -0.05) is 12.1 Å². The van der Waals surface area contributed by atoms with Crippen LogP contribution in [0.4, 0.5) is 17.6 Å². The summed E-state index contributed by atoms with van der Waals surface area (Å²) in [6.07, 6.45) is 4.91. The van der Waals surface area contributed by atoms with Gasteiger partial charge >= 0.3 is 0 Å². The van der Waals surface area contributed by atoms with Crippen molar-refractivity contribution < 1.29 is 0 Å². The van der Waals surface area contributed by atoms with Crippen LogP contribution >= 0.6 is 0 Å². The van der Waals surface area contributed by atoms with Crippen LogP contribution in [0.5, 0.6) is 0 Å². The van der Waals surface area contributed by atoms with Crippen molar-refractivity contribution in [3.8, 4) is 0 Å². The summed E-state index contributed by atoms with van der Waals surface area (Å²) >= 11 is 0. The lowest BCUT2D eigenvalue weighted by Gasteiger charge is -2.11. The number of aromatic nitrogens is 8. The van der Waals surface area contributed by atoms with E-state index in [1.165, 1.54) is 6.33 Å². The number of benzene rings is 1. The predicted octanol–water partition coefficient (Wildman–Crippen LogP) is 3.43. The van der Waals surface area contributed by atoms with Crippen molar-refractivity contribution in [3.05, 3.63) is 55.0 Å². The highest BCUT2D eigenvalue weighted by Crippen LogP contribution is 2.25. The van der Waals surface area contributed by atoms with Gasteiger partial charge in [0, 0.05) is 12.2 Å². The van der Waals surface area contributed by atoms with E-state index in [0.717, 1.165) is 22.5 Å². The fourth-order valence-corrected chi connectivity index (χ4v) is 3.21. The molecular weight excluding hydrogens is 380 g/mol. The molecule has 150 valence electrons. The third-order valence-corrected chi connectivity index (χ3v) is 4.66. The molecule has 10 nitrogen and oxygen atoms in total. The first kappa shape index (κ1) is 18.0. The van der Waals surface area contributed by atoms with Crippen LogP contribution in [0.25, 0.3) is 22.2 Å². The van der Waals surface area contributed by atoms with Gasteiger partial charge in [-0.15, -0.1) is 0 Å². The molecule has 0 atom stereocenters. The van der Waals surface area contributed by atoms with E-state index in [-0.39, 0.29) is 6.04 Å². The largest absolute Gasteiger partial charge is 0.361 e. The van der Waals surface area contributed by atoms with Gasteiger partial charge in [0.05, 0.1) is 23.9 Å². The summed E-state index contributed by atoms with van der Waals surface area (Å²) in [5.74, 6) is 2.48. The van der Waals surface area contributed by atoms with E-state index in [1.807, 2.05) is 28.8 Å². The standard InChI is InChI=1S/C20H20N10/c1-12(2)30-11-24-17-18(22-9-16-25-13-5-3-4-6-14(13)26-16)28-20(29-19(17)30)27-15-7-8-21-10-23-15/h3-8,10-12H,9H2,1-2H3,(H,25,26)(H2,21,22,23,27,28,29). The number of para-hydroxylation sites is 2. The zero-order chi connectivity index (χ0) is 20.5. The molecule has 5 rings (SSSR count). The van der Waals surface area contributed by atoms with E-state index in [0.29, 0.717) is 29.6 Å². The van der Waals surface area contributed by atoms with Crippen molar-refractivity contribution in [2.24, 2.45) is 0 Å². The van der Waals surface area contributed by atoms with Gasteiger partial charge in [-0.05, 0) is 32.0 Å². The second-order valence-electron chi connectivity index (χ2n) is 7.09. The topological polar surface area (TPSA) is 122 Å². The Balaban J connectivity index is 1.50. The van der Waals surface area contributed by atoms with Crippen molar-refractivity contribution in [2.45, 2.75) is 26.4 Å². The maximum atomic E-state index is 4.66. The molecule has 4 heterocycles. The van der Waals surface area contributed by atoms with Crippen molar-refractivity contribution in [2.75, 3.05) is 10.6 Å². The number of fused-ring (bicyclic) bond motifs is 2. The smallest absolute Gasteiger partial charge is 0.232 e. The number of imidazole rings is 2. The Bertz CT molecular complexity index is 1270. The molecule has 4 aromatic heterocycles. The van der Waals surface area contributed by atoms with E-state index < -0.39 is 0 Å². The van der Waals surface area contributed by atoms with E-state index in [2.05, 4.69) is 59.4 Å². The first-order valence-corrected chi connectivity index (χ1v) is 9.62. The summed E-state index contributed by atoms with van der Waals surface area (Å²) in [7, 11) is 0. The third kappa shape index (κ3) is 3.39. The molecule has 3 N–H and O–H groups in total. The molecule has 0 aliphatic heterocycles. The Morgan fingerprint density at radius 2 is 1.97 bits per heavy atom. The lowest BCUT2D eigenvalue weighted by molar-refractivity contribution is 0.613. The number of hydrogen-bond donors (Lipinski definition) is 3. The number of aromatic amines is 1. The normalized spacial score (nSPS) is 11.4. The number of H-pyrrole nitrogens is 1. The Kier molecular flexibility index (Phi) is 4.43. The van der Waals surface area contributed by atoms with E-state index in [1.54, 1.807) is 18.6 Å². The first-order valence-electron chi connectivity index (χ1n) is 9.62. The fraction of sp³-hybridized carbons (Fsp3) is 0.200. The minimum Gasteiger partial charge on any atom is -0.361 e. The molecule has 5 aromatic rings. The number of nitrogens with zero attached hydrogens (tertiary/aromatic N) is 7. The predicted molar refractivity (Wildman–Crippen MR) is 114 cm³/mol. The summed E-state index contributed by atoms with van der Waals surface area (Å²) in [5.41, 5.74) is 3.37. The highest BCUT2D eigenvalue weighted by molar-refractivity contribution is 5.84. The SMILES string of the molecule is CC(C)n1cnc2c(NCc3nc4ccccc4[nH]3)nc(Nc3ccncn3)nc21. The highest BCUT2D eigenvalue weighted by Gasteiger charge is 2.15. The summed E-state index contributed by atoms with van der Waals surface area (Å²) in [4.78, 5) is 29.9. The van der Waals surface area contributed by atoms with Crippen LogP contribution in [0, 0.1) is 0 Å². The van der Waals surface area contributed by atoms with Gasteiger partial charge in [-0.3, -0.25) is 0 Å². The number of hydrogen-bond acceptors (Lipinski definition) is 8. The Labute approximate surface area is 171 Å². The second-order valence-corrected chi connectivity index (χ2v) is 7.09. The van der Waals surface area contributed by atoms with Gasteiger partial charge in [0.2, 0.25) is 5.95 Å². The summed E-state index contributed by atoms with van der Waals surface area (Å²) < 4.78 is 2.01. The van der Waals surface area contributed by atoms with Crippen LogP contribution in [-0.2, 0) is 6.54 Å². The number of anilines is 3. The maximum absolute atomic E-state index is 4.66. The van der Waals surface area contributed by atoms with Crippen LogP contribution in [-0.4, -0.2) is 39.5 Å². The van der Waals surface area contributed by atoms with Gasteiger partial charge in [0.15, 0.2) is 17.0 Å². The van der Waals surface area contributed by atoms with Gasteiger partial charge in [-0.25, -0.2) is 19.9 Å². The zero-order valence-corrected chi connectivity index (χ0v) is 16.5. The summed E-state index contributed by atoms with van der Waals surface area (Å²) in [6, 6.07) is 9.90. The molecule has 0 radical (unpaired) electrons. The first-order chi connectivity index (χ1) is 14.7. The van der Waals surface area contributed by atoms with Crippen molar-refractivity contribution >= 4 is 39.8 Å². The average molecular weight is 400 g/mol. The Hall–Kier alpha value is -4.08. The van der Waals surface area contributed by atoms with Crippen molar-refractivity contribution in [1.82, 2.24) is 39.5 Å². The highest BCUT2D eigenvalue weighted by atomic mass is 15.2.